The van der Waals surface area contributed by atoms with E-state index < -0.39 is 5.97 Å². The number of carbonyl (C=O) groups excluding carboxylic acids is 2. The maximum atomic E-state index is 12.9. The van der Waals surface area contributed by atoms with E-state index >= 15 is 0 Å². The van der Waals surface area contributed by atoms with Crippen molar-refractivity contribution in [3.8, 4) is 22.6 Å². The number of unbranched alkanes of at least 4 members (excludes halogenated alkanes) is 10. The van der Waals surface area contributed by atoms with Crippen molar-refractivity contribution < 1.29 is 23.8 Å². The fourth-order valence-electron chi connectivity index (χ4n) is 5.34. The van der Waals surface area contributed by atoms with E-state index in [1.54, 1.807) is 36.4 Å². The van der Waals surface area contributed by atoms with E-state index in [2.05, 4.69) is 20.8 Å². The normalized spacial score (nSPS) is 11.6. The lowest BCUT2D eigenvalue weighted by Gasteiger charge is -2.18. The molecular formula is C40H54O5. The summed E-state index contributed by atoms with van der Waals surface area (Å²) in [5.74, 6) is 0.494. The minimum Gasteiger partial charge on any atom is -0.494 e. The van der Waals surface area contributed by atoms with Gasteiger partial charge in [0.1, 0.15) is 17.6 Å². The van der Waals surface area contributed by atoms with Gasteiger partial charge in [-0.1, -0.05) is 109 Å². The Hall–Kier alpha value is -3.60. The van der Waals surface area contributed by atoms with Crippen molar-refractivity contribution in [2.45, 2.75) is 123 Å². The van der Waals surface area contributed by atoms with Crippen molar-refractivity contribution in [1.82, 2.24) is 0 Å². The molecule has 3 aromatic carbocycles. The maximum Gasteiger partial charge on any atom is 0.343 e. The number of ether oxygens (including phenoxy) is 3. The molecule has 0 N–H and O–H groups in total. The number of benzene rings is 3. The van der Waals surface area contributed by atoms with E-state index in [0.717, 1.165) is 68.4 Å². The lowest BCUT2D eigenvalue weighted by atomic mass is 10.0. The third-order valence-corrected chi connectivity index (χ3v) is 8.16. The average molecular weight is 615 g/mol. The Bertz CT molecular complexity index is 1230. The minimum absolute atomic E-state index is 0.0532. The molecule has 0 unspecified atom stereocenters. The van der Waals surface area contributed by atoms with Gasteiger partial charge in [0, 0.05) is 0 Å². The van der Waals surface area contributed by atoms with Crippen LogP contribution in [0.3, 0.4) is 0 Å². The molecular weight excluding hydrogens is 560 g/mol. The van der Waals surface area contributed by atoms with Crippen LogP contribution >= 0.6 is 0 Å². The predicted octanol–water partition coefficient (Wildman–Crippen LogP) is 11.4. The van der Waals surface area contributed by atoms with E-state index in [1.807, 2.05) is 36.4 Å². The molecule has 3 rings (SSSR count). The van der Waals surface area contributed by atoms with Crippen LogP contribution in [0, 0.1) is 0 Å². The Kier molecular flexibility index (Phi) is 16.9. The molecule has 0 amide bonds. The van der Waals surface area contributed by atoms with E-state index in [-0.39, 0.29) is 12.1 Å². The maximum absolute atomic E-state index is 12.9. The lowest BCUT2D eigenvalue weighted by molar-refractivity contribution is 0.0249. The number of carbonyl (C=O) groups is 2. The topological polar surface area (TPSA) is 61.8 Å². The summed E-state index contributed by atoms with van der Waals surface area (Å²) in [7, 11) is 0. The van der Waals surface area contributed by atoms with Crippen LogP contribution in [-0.4, -0.2) is 24.6 Å². The summed E-state index contributed by atoms with van der Waals surface area (Å²) >= 11 is 0. The molecule has 0 aliphatic heterocycles. The van der Waals surface area contributed by atoms with Gasteiger partial charge in [-0.15, -0.1) is 0 Å². The predicted molar refractivity (Wildman–Crippen MR) is 184 cm³/mol. The van der Waals surface area contributed by atoms with Gasteiger partial charge < -0.3 is 14.2 Å². The van der Waals surface area contributed by atoms with Crippen LogP contribution in [0.5, 0.6) is 11.5 Å². The van der Waals surface area contributed by atoms with Crippen LogP contribution in [0.4, 0.5) is 0 Å². The molecule has 0 saturated carbocycles. The van der Waals surface area contributed by atoms with Gasteiger partial charge in [-0.05, 0) is 91.8 Å². The van der Waals surface area contributed by atoms with E-state index in [9.17, 15) is 9.59 Å². The average Bonchev–Trinajstić information content (AvgIpc) is 3.07. The molecule has 0 fully saturated rings. The van der Waals surface area contributed by atoms with Gasteiger partial charge >= 0.3 is 11.9 Å². The minimum atomic E-state index is -0.446. The highest BCUT2D eigenvalue weighted by Crippen LogP contribution is 2.24. The second kappa shape index (κ2) is 21.2. The van der Waals surface area contributed by atoms with Crippen LogP contribution in [-0.2, 0) is 4.74 Å². The number of hydrogen-bond acceptors (Lipinski definition) is 5. The Morgan fingerprint density at radius 2 is 0.956 bits per heavy atom. The zero-order valence-corrected chi connectivity index (χ0v) is 27.9. The summed E-state index contributed by atoms with van der Waals surface area (Å²) in [6.45, 7) is 7.36. The van der Waals surface area contributed by atoms with Gasteiger partial charge in [0.25, 0.3) is 0 Å². The highest BCUT2D eigenvalue weighted by Gasteiger charge is 2.17. The summed E-state index contributed by atoms with van der Waals surface area (Å²) in [6.07, 6.45) is 17.2. The van der Waals surface area contributed by atoms with Crippen LogP contribution < -0.4 is 9.47 Å². The summed E-state index contributed by atoms with van der Waals surface area (Å²) < 4.78 is 17.4. The molecule has 5 nitrogen and oxygen atoms in total. The van der Waals surface area contributed by atoms with Crippen molar-refractivity contribution in [3.63, 3.8) is 0 Å². The van der Waals surface area contributed by atoms with Crippen molar-refractivity contribution in [2.75, 3.05) is 6.61 Å². The van der Waals surface area contributed by atoms with Crippen LogP contribution in [0.15, 0.2) is 72.8 Å². The van der Waals surface area contributed by atoms with Crippen molar-refractivity contribution in [1.29, 1.82) is 0 Å². The first-order chi connectivity index (χ1) is 22.0. The summed E-state index contributed by atoms with van der Waals surface area (Å²) in [6, 6.07) is 22.1. The Labute approximate surface area is 271 Å². The smallest absolute Gasteiger partial charge is 0.343 e. The fourth-order valence-corrected chi connectivity index (χ4v) is 5.34. The summed E-state index contributed by atoms with van der Waals surface area (Å²) in [5, 5.41) is 0. The molecule has 3 aromatic rings. The van der Waals surface area contributed by atoms with Crippen LogP contribution in [0.25, 0.3) is 11.1 Å². The molecule has 0 bridgehead atoms. The molecule has 0 radical (unpaired) electrons. The van der Waals surface area contributed by atoms with Gasteiger partial charge in [0.2, 0.25) is 0 Å². The second-order valence-electron chi connectivity index (χ2n) is 12.0. The van der Waals surface area contributed by atoms with Crippen molar-refractivity contribution >= 4 is 11.9 Å². The molecule has 0 saturated heterocycles. The molecule has 0 aliphatic rings. The van der Waals surface area contributed by atoms with Crippen molar-refractivity contribution in [2.24, 2.45) is 0 Å². The number of hydrogen-bond donors (Lipinski definition) is 0. The zero-order chi connectivity index (χ0) is 32.1. The first kappa shape index (κ1) is 35.9. The summed E-state index contributed by atoms with van der Waals surface area (Å²) in [4.78, 5) is 25.7. The monoisotopic (exact) mass is 614 g/mol. The summed E-state index contributed by atoms with van der Waals surface area (Å²) in [5.41, 5.74) is 2.99. The number of rotatable bonds is 22. The lowest BCUT2D eigenvalue weighted by Crippen LogP contribution is -2.18. The molecule has 0 heterocycles. The largest absolute Gasteiger partial charge is 0.494 e. The van der Waals surface area contributed by atoms with E-state index in [1.165, 1.54) is 51.4 Å². The first-order valence-electron chi connectivity index (χ1n) is 17.4. The first-order valence-corrected chi connectivity index (χ1v) is 17.4. The second-order valence-corrected chi connectivity index (χ2v) is 12.0. The van der Waals surface area contributed by atoms with Gasteiger partial charge in [-0.2, -0.15) is 0 Å². The molecule has 0 aromatic heterocycles. The Morgan fingerprint density at radius 3 is 1.58 bits per heavy atom. The molecule has 0 aliphatic carbocycles. The third kappa shape index (κ3) is 13.5. The fraction of sp³-hybridized carbons (Fsp3) is 0.500. The molecule has 45 heavy (non-hydrogen) atoms. The van der Waals surface area contributed by atoms with Gasteiger partial charge in [0.15, 0.2) is 0 Å². The Balaban J connectivity index is 1.47. The van der Waals surface area contributed by atoms with Crippen LogP contribution in [0.1, 0.15) is 138 Å². The van der Waals surface area contributed by atoms with Gasteiger partial charge in [-0.3, -0.25) is 0 Å². The molecule has 244 valence electrons. The van der Waals surface area contributed by atoms with Crippen LogP contribution in [0.2, 0.25) is 0 Å². The zero-order valence-electron chi connectivity index (χ0n) is 27.9. The quantitative estimate of drug-likeness (QED) is 0.0640. The standard InChI is InChI=1S/C40H54O5/c1-4-7-10-12-13-16-31-43-36-27-23-33(24-28-36)32-19-21-34(22-20-32)39(41)45-38-29-25-35(26-30-38)40(42)44-37(17-14-9-6-3)18-15-11-8-5-2/h19-30,37H,4-18,31H2,1-3H3/t37-/m0/s1. The van der Waals surface area contributed by atoms with E-state index in [0.29, 0.717) is 16.9 Å². The number of esters is 2. The molecule has 5 heteroatoms. The SMILES string of the molecule is CCCCCCCCOc1ccc(-c2ccc(C(=O)Oc3ccc(C(=O)O[C@@H](CCCCC)CCCCCC)cc3)cc2)cc1. The van der Waals surface area contributed by atoms with Gasteiger partial charge in [0.05, 0.1) is 17.7 Å². The van der Waals surface area contributed by atoms with Crippen molar-refractivity contribution in [3.05, 3.63) is 83.9 Å². The molecule has 0 spiro atoms. The Morgan fingerprint density at radius 1 is 0.511 bits per heavy atom. The molecule has 1 atom stereocenters. The van der Waals surface area contributed by atoms with E-state index in [4.69, 9.17) is 14.2 Å². The highest BCUT2D eigenvalue weighted by atomic mass is 16.5. The highest BCUT2D eigenvalue weighted by molar-refractivity contribution is 5.92. The van der Waals surface area contributed by atoms with Gasteiger partial charge in [-0.25, -0.2) is 9.59 Å². The third-order valence-electron chi connectivity index (χ3n) is 8.16.